The molecule has 0 aliphatic rings. The third-order valence-corrected chi connectivity index (χ3v) is 2.33. The van der Waals surface area contributed by atoms with Crippen molar-refractivity contribution in [1.29, 1.82) is 0 Å². The first-order valence-corrected chi connectivity index (χ1v) is 5.76. The van der Waals surface area contributed by atoms with Crippen molar-refractivity contribution in [3.63, 3.8) is 0 Å². The predicted octanol–water partition coefficient (Wildman–Crippen LogP) is 2.31. The highest BCUT2D eigenvalue weighted by Crippen LogP contribution is 2.15. The maximum atomic E-state index is 5.08. The van der Waals surface area contributed by atoms with E-state index in [1.807, 2.05) is 18.2 Å². The molecule has 0 N–H and O–H groups in total. The zero-order chi connectivity index (χ0) is 10.4. The number of aromatic nitrogens is 1. The van der Waals surface area contributed by atoms with Gasteiger partial charge in [-0.3, -0.25) is 0 Å². The van der Waals surface area contributed by atoms with Crippen LogP contribution in [0.15, 0.2) is 18.2 Å². The Bertz CT molecular complexity index is 281. The fourth-order valence-electron chi connectivity index (χ4n) is 1.23. The van der Waals surface area contributed by atoms with Crippen LogP contribution in [-0.2, 0) is 0 Å². The summed E-state index contributed by atoms with van der Waals surface area (Å²) in [6.07, 6.45) is 0. The first-order chi connectivity index (χ1) is 6.81. The van der Waals surface area contributed by atoms with Crippen LogP contribution in [0.3, 0.4) is 0 Å². The van der Waals surface area contributed by atoms with E-state index in [9.17, 15) is 0 Å². The molecular weight excluding hydrogens is 244 g/mol. The van der Waals surface area contributed by atoms with Crippen molar-refractivity contribution in [2.24, 2.45) is 0 Å². The summed E-state index contributed by atoms with van der Waals surface area (Å²) < 4.78 is 5.08. The molecule has 1 aromatic heterocycles. The minimum Gasteiger partial charge on any atom is -0.481 e. The van der Waals surface area contributed by atoms with Gasteiger partial charge in [0, 0.05) is 24.5 Å². The molecule has 0 bridgehead atoms. The van der Waals surface area contributed by atoms with Gasteiger partial charge in [-0.2, -0.15) is 4.98 Å². The number of ether oxygens (including phenoxy) is 1. The highest BCUT2D eigenvalue weighted by atomic mass is 79.9. The standard InChI is InChI=1S/C10H15BrN2O/c1-3-13(8-7-11)9-5-4-6-10(12-9)14-2/h4-6H,3,7-8H2,1-2H3. The number of anilines is 1. The Hall–Kier alpha value is -0.770. The van der Waals surface area contributed by atoms with Gasteiger partial charge in [0.2, 0.25) is 5.88 Å². The number of alkyl halides is 1. The van der Waals surface area contributed by atoms with Crippen LogP contribution in [0.25, 0.3) is 0 Å². The van der Waals surface area contributed by atoms with Crippen LogP contribution in [0, 0.1) is 0 Å². The van der Waals surface area contributed by atoms with E-state index in [1.165, 1.54) is 0 Å². The average Bonchev–Trinajstić information content (AvgIpc) is 2.26. The van der Waals surface area contributed by atoms with Crippen molar-refractivity contribution in [2.45, 2.75) is 6.92 Å². The third kappa shape index (κ3) is 2.87. The van der Waals surface area contributed by atoms with E-state index in [1.54, 1.807) is 7.11 Å². The van der Waals surface area contributed by atoms with Crippen LogP contribution in [0.1, 0.15) is 6.92 Å². The maximum Gasteiger partial charge on any atom is 0.214 e. The Morgan fingerprint density at radius 2 is 2.29 bits per heavy atom. The number of halogens is 1. The summed E-state index contributed by atoms with van der Waals surface area (Å²) in [7, 11) is 1.63. The molecule has 0 unspecified atom stereocenters. The van der Waals surface area contributed by atoms with E-state index in [-0.39, 0.29) is 0 Å². The summed E-state index contributed by atoms with van der Waals surface area (Å²) in [5.74, 6) is 1.63. The molecule has 0 amide bonds. The van der Waals surface area contributed by atoms with E-state index in [2.05, 4.69) is 32.7 Å². The van der Waals surface area contributed by atoms with E-state index >= 15 is 0 Å². The summed E-state index contributed by atoms with van der Waals surface area (Å²) in [6.45, 7) is 4.02. The molecule has 0 atom stereocenters. The number of hydrogen-bond donors (Lipinski definition) is 0. The minimum atomic E-state index is 0.663. The Morgan fingerprint density at radius 1 is 1.50 bits per heavy atom. The van der Waals surface area contributed by atoms with Crippen LogP contribution in [-0.4, -0.2) is 30.5 Å². The second-order valence-electron chi connectivity index (χ2n) is 2.81. The Morgan fingerprint density at radius 3 is 2.86 bits per heavy atom. The summed E-state index contributed by atoms with van der Waals surface area (Å²) in [5, 5.41) is 0.944. The van der Waals surface area contributed by atoms with E-state index < -0.39 is 0 Å². The second-order valence-corrected chi connectivity index (χ2v) is 3.60. The second kappa shape index (κ2) is 5.86. The summed E-state index contributed by atoms with van der Waals surface area (Å²) in [4.78, 5) is 6.56. The van der Waals surface area contributed by atoms with Crippen molar-refractivity contribution in [1.82, 2.24) is 4.98 Å². The summed E-state index contributed by atoms with van der Waals surface area (Å²) >= 11 is 3.42. The largest absolute Gasteiger partial charge is 0.481 e. The topological polar surface area (TPSA) is 25.4 Å². The molecule has 0 radical (unpaired) electrons. The van der Waals surface area contributed by atoms with E-state index in [0.29, 0.717) is 5.88 Å². The number of pyridine rings is 1. The summed E-state index contributed by atoms with van der Waals surface area (Å²) in [5.41, 5.74) is 0. The van der Waals surface area contributed by atoms with Crippen LogP contribution in [0.4, 0.5) is 5.82 Å². The molecule has 1 rings (SSSR count). The Kier molecular flexibility index (Phi) is 4.73. The number of nitrogens with zero attached hydrogens (tertiary/aromatic N) is 2. The maximum absolute atomic E-state index is 5.08. The molecule has 0 aromatic carbocycles. The average molecular weight is 259 g/mol. The van der Waals surface area contributed by atoms with Gasteiger partial charge in [0.1, 0.15) is 5.82 Å². The zero-order valence-corrected chi connectivity index (χ0v) is 10.1. The lowest BCUT2D eigenvalue weighted by Gasteiger charge is -2.20. The molecular formula is C10H15BrN2O. The normalized spacial score (nSPS) is 9.93. The van der Waals surface area contributed by atoms with Crippen molar-refractivity contribution in [3.05, 3.63) is 18.2 Å². The number of rotatable bonds is 5. The molecule has 0 saturated heterocycles. The van der Waals surface area contributed by atoms with Gasteiger partial charge in [-0.15, -0.1) is 0 Å². The molecule has 78 valence electrons. The molecule has 0 fully saturated rings. The zero-order valence-electron chi connectivity index (χ0n) is 8.53. The Labute approximate surface area is 93.2 Å². The van der Waals surface area contributed by atoms with Crippen LogP contribution in [0.5, 0.6) is 5.88 Å². The highest BCUT2D eigenvalue weighted by molar-refractivity contribution is 9.09. The fourth-order valence-corrected chi connectivity index (χ4v) is 1.66. The van der Waals surface area contributed by atoms with E-state index in [4.69, 9.17) is 4.74 Å². The minimum absolute atomic E-state index is 0.663. The molecule has 0 aliphatic heterocycles. The van der Waals surface area contributed by atoms with Gasteiger partial charge in [0.05, 0.1) is 7.11 Å². The third-order valence-electron chi connectivity index (χ3n) is 1.98. The molecule has 1 heterocycles. The number of hydrogen-bond acceptors (Lipinski definition) is 3. The molecule has 3 nitrogen and oxygen atoms in total. The molecule has 0 aliphatic carbocycles. The monoisotopic (exact) mass is 258 g/mol. The van der Waals surface area contributed by atoms with Crippen LogP contribution < -0.4 is 9.64 Å². The van der Waals surface area contributed by atoms with Crippen molar-refractivity contribution < 1.29 is 4.74 Å². The van der Waals surface area contributed by atoms with Crippen molar-refractivity contribution >= 4 is 21.7 Å². The molecule has 1 aromatic rings. The van der Waals surface area contributed by atoms with Gasteiger partial charge in [-0.1, -0.05) is 22.0 Å². The summed E-state index contributed by atoms with van der Waals surface area (Å²) in [6, 6.07) is 5.80. The molecule has 4 heteroatoms. The lowest BCUT2D eigenvalue weighted by molar-refractivity contribution is 0.398. The van der Waals surface area contributed by atoms with Gasteiger partial charge in [0.15, 0.2) is 0 Å². The highest BCUT2D eigenvalue weighted by Gasteiger charge is 2.05. The fraction of sp³-hybridized carbons (Fsp3) is 0.500. The van der Waals surface area contributed by atoms with Gasteiger partial charge in [-0.25, -0.2) is 0 Å². The van der Waals surface area contributed by atoms with E-state index in [0.717, 1.165) is 24.2 Å². The first kappa shape index (κ1) is 11.3. The number of methoxy groups -OCH3 is 1. The molecule has 0 saturated carbocycles. The lowest BCUT2D eigenvalue weighted by Crippen LogP contribution is -2.25. The molecule has 0 spiro atoms. The van der Waals surface area contributed by atoms with Crippen molar-refractivity contribution in [3.8, 4) is 5.88 Å². The molecule has 14 heavy (non-hydrogen) atoms. The Balaban J connectivity index is 2.80. The predicted molar refractivity (Wildman–Crippen MR) is 62.5 cm³/mol. The van der Waals surface area contributed by atoms with Gasteiger partial charge < -0.3 is 9.64 Å². The van der Waals surface area contributed by atoms with Crippen LogP contribution >= 0.6 is 15.9 Å². The first-order valence-electron chi connectivity index (χ1n) is 4.63. The van der Waals surface area contributed by atoms with Crippen molar-refractivity contribution in [2.75, 3.05) is 30.4 Å². The quantitative estimate of drug-likeness (QED) is 0.759. The SMILES string of the molecule is CCN(CCBr)c1cccc(OC)n1. The lowest BCUT2D eigenvalue weighted by atomic mass is 10.4. The van der Waals surface area contributed by atoms with Gasteiger partial charge >= 0.3 is 0 Å². The smallest absolute Gasteiger partial charge is 0.214 e. The van der Waals surface area contributed by atoms with Gasteiger partial charge in [0.25, 0.3) is 0 Å². The van der Waals surface area contributed by atoms with Gasteiger partial charge in [-0.05, 0) is 13.0 Å². The van der Waals surface area contributed by atoms with Crippen LogP contribution in [0.2, 0.25) is 0 Å².